The maximum absolute atomic E-state index is 6.89. The zero-order valence-corrected chi connectivity index (χ0v) is 40.9. The molecule has 4 aromatic carbocycles. The number of ether oxygens (including phenoxy) is 2. The number of benzene rings is 4. The third-order valence-corrected chi connectivity index (χ3v) is 15.5. The van der Waals surface area contributed by atoms with Gasteiger partial charge in [-0.3, -0.25) is 0 Å². The molecule has 2 nitrogen and oxygen atoms in total. The third kappa shape index (κ3) is 18.6. The van der Waals surface area contributed by atoms with E-state index in [0.29, 0.717) is 13.2 Å². The molecule has 0 heterocycles. The fraction of sp³-hybridized carbons (Fsp3) is 0.613. The van der Waals surface area contributed by atoms with Gasteiger partial charge in [0.15, 0.2) is 0 Å². The quantitative estimate of drug-likeness (QED) is 0.0469. The lowest BCUT2D eigenvalue weighted by atomic mass is 9.78. The molecule has 2 aliphatic carbocycles. The molecule has 0 unspecified atom stereocenters. The Morgan fingerprint density at radius 2 is 0.641 bits per heavy atom. The molecular formula is C62H90O2. The monoisotopic (exact) mass is 867 g/mol. The van der Waals surface area contributed by atoms with Crippen LogP contribution in [0, 0.1) is 23.7 Å². The summed E-state index contributed by atoms with van der Waals surface area (Å²) in [6, 6.07) is 39.8. The summed E-state index contributed by atoms with van der Waals surface area (Å²) in [5, 5.41) is 0. The number of rotatable bonds is 31. The Morgan fingerprint density at radius 3 is 0.969 bits per heavy atom. The van der Waals surface area contributed by atoms with E-state index in [4.69, 9.17) is 9.47 Å². The van der Waals surface area contributed by atoms with Gasteiger partial charge < -0.3 is 9.47 Å². The van der Waals surface area contributed by atoms with Crippen LogP contribution < -0.4 is 0 Å². The van der Waals surface area contributed by atoms with Gasteiger partial charge in [-0.2, -0.15) is 0 Å². The maximum atomic E-state index is 6.89. The topological polar surface area (TPSA) is 18.5 Å². The van der Waals surface area contributed by atoms with Crippen LogP contribution in [0.5, 0.6) is 0 Å². The number of unbranched alkanes of at least 4 members (excludes halogenated alkanes) is 10. The van der Waals surface area contributed by atoms with E-state index in [9.17, 15) is 0 Å². The second-order valence-corrected chi connectivity index (χ2v) is 20.6. The lowest BCUT2D eigenvalue weighted by Crippen LogP contribution is -2.18. The van der Waals surface area contributed by atoms with Gasteiger partial charge in [0.1, 0.15) is 12.2 Å². The summed E-state index contributed by atoms with van der Waals surface area (Å²) in [7, 11) is 0. The van der Waals surface area contributed by atoms with Crippen LogP contribution in [0.2, 0.25) is 0 Å². The lowest BCUT2D eigenvalue weighted by Gasteiger charge is -2.29. The summed E-state index contributed by atoms with van der Waals surface area (Å²) in [4.78, 5) is 0. The van der Waals surface area contributed by atoms with E-state index in [1.165, 1.54) is 202 Å². The van der Waals surface area contributed by atoms with Crippen LogP contribution in [0.1, 0.15) is 226 Å². The highest BCUT2D eigenvalue weighted by atomic mass is 16.5. The fourth-order valence-corrected chi connectivity index (χ4v) is 11.2. The van der Waals surface area contributed by atoms with E-state index in [1.54, 1.807) is 0 Å². The lowest BCUT2D eigenvalue weighted by molar-refractivity contribution is -0.0908. The van der Waals surface area contributed by atoms with E-state index in [2.05, 4.69) is 123 Å². The molecular weight excluding hydrogens is 777 g/mol. The normalized spacial score (nSPS) is 20.0. The SMILES string of the molecule is CCCCCCCC1CCC(CCCCc2ccc(CO[C@H](c3ccccc3)[C@H](OCc3ccc(CCCCC4CCC(CCCCCCC)CC4)cc3)c3ccccc3)cc2)CC1. The van der Waals surface area contributed by atoms with E-state index < -0.39 is 0 Å². The smallest absolute Gasteiger partial charge is 0.113 e. The van der Waals surface area contributed by atoms with Crippen LogP contribution >= 0.6 is 0 Å². The number of hydrogen-bond donors (Lipinski definition) is 0. The van der Waals surface area contributed by atoms with Crippen molar-refractivity contribution in [3.8, 4) is 0 Å². The Bertz CT molecular complexity index is 1580. The molecule has 0 spiro atoms. The first-order valence-electron chi connectivity index (χ1n) is 27.2. The minimum Gasteiger partial charge on any atom is -0.366 e. The van der Waals surface area contributed by atoms with Crippen molar-refractivity contribution in [3.05, 3.63) is 143 Å². The van der Waals surface area contributed by atoms with Crippen molar-refractivity contribution < 1.29 is 9.47 Å². The zero-order valence-electron chi connectivity index (χ0n) is 40.9. The molecule has 6 rings (SSSR count). The summed E-state index contributed by atoms with van der Waals surface area (Å²) < 4.78 is 13.8. The molecule has 2 saturated carbocycles. The van der Waals surface area contributed by atoms with Crippen LogP contribution in [0.4, 0.5) is 0 Å². The molecule has 2 fully saturated rings. The highest BCUT2D eigenvalue weighted by Gasteiger charge is 2.27. The van der Waals surface area contributed by atoms with E-state index >= 15 is 0 Å². The highest BCUT2D eigenvalue weighted by molar-refractivity contribution is 5.27. The Labute approximate surface area is 393 Å². The summed E-state index contributed by atoms with van der Waals surface area (Å²) in [6.07, 6.45) is 39.1. The van der Waals surface area contributed by atoms with Gasteiger partial charge in [-0.15, -0.1) is 0 Å². The van der Waals surface area contributed by atoms with E-state index in [-0.39, 0.29) is 12.2 Å². The number of hydrogen-bond acceptors (Lipinski definition) is 2. The largest absolute Gasteiger partial charge is 0.366 e. The van der Waals surface area contributed by atoms with Gasteiger partial charge in [0.2, 0.25) is 0 Å². The first kappa shape index (κ1) is 50.2. The van der Waals surface area contributed by atoms with Crippen LogP contribution in [-0.4, -0.2) is 0 Å². The van der Waals surface area contributed by atoms with Crippen molar-refractivity contribution in [3.63, 3.8) is 0 Å². The molecule has 64 heavy (non-hydrogen) atoms. The highest BCUT2D eigenvalue weighted by Crippen LogP contribution is 2.38. The Hall–Kier alpha value is -3.20. The molecule has 0 saturated heterocycles. The Balaban J connectivity index is 0.924. The van der Waals surface area contributed by atoms with Crippen LogP contribution in [-0.2, 0) is 35.5 Å². The molecule has 0 amide bonds. The predicted molar refractivity (Wildman–Crippen MR) is 274 cm³/mol. The summed E-state index contributed by atoms with van der Waals surface area (Å²) in [5.41, 5.74) is 7.61. The average molecular weight is 867 g/mol. The van der Waals surface area contributed by atoms with Gasteiger partial charge in [-0.1, -0.05) is 277 Å². The minimum absolute atomic E-state index is 0.242. The van der Waals surface area contributed by atoms with Crippen LogP contribution in [0.3, 0.4) is 0 Å². The molecule has 0 radical (unpaired) electrons. The van der Waals surface area contributed by atoms with Gasteiger partial charge in [0, 0.05) is 0 Å². The molecule has 2 atom stereocenters. The van der Waals surface area contributed by atoms with Gasteiger partial charge in [0.05, 0.1) is 13.2 Å². The van der Waals surface area contributed by atoms with Crippen LogP contribution in [0.25, 0.3) is 0 Å². The summed E-state index contributed by atoms with van der Waals surface area (Å²) >= 11 is 0. The van der Waals surface area contributed by atoms with Crippen molar-refractivity contribution in [2.45, 2.75) is 219 Å². The van der Waals surface area contributed by atoms with Gasteiger partial charge >= 0.3 is 0 Å². The number of aryl methyl sites for hydroxylation is 2. The second-order valence-electron chi connectivity index (χ2n) is 20.6. The summed E-state index contributed by atoms with van der Waals surface area (Å²) in [5.74, 6) is 3.97. The molecule has 2 aliphatic rings. The summed E-state index contributed by atoms with van der Waals surface area (Å²) in [6.45, 7) is 5.72. The average Bonchev–Trinajstić information content (AvgIpc) is 3.35. The zero-order chi connectivity index (χ0) is 44.3. The fourth-order valence-electron chi connectivity index (χ4n) is 11.2. The van der Waals surface area contributed by atoms with E-state index in [1.807, 2.05) is 0 Å². The molecule has 0 aliphatic heterocycles. The van der Waals surface area contributed by atoms with Crippen molar-refractivity contribution in [2.24, 2.45) is 23.7 Å². The Kier molecular flexibility index (Phi) is 23.7. The first-order valence-corrected chi connectivity index (χ1v) is 27.2. The maximum Gasteiger partial charge on any atom is 0.113 e. The predicted octanol–water partition coefficient (Wildman–Crippen LogP) is 18.7. The molecule has 2 heteroatoms. The van der Waals surface area contributed by atoms with Gasteiger partial charge in [0.25, 0.3) is 0 Å². The molecule has 350 valence electrons. The minimum atomic E-state index is -0.242. The first-order chi connectivity index (χ1) is 31.7. The second kappa shape index (κ2) is 30.2. The van der Waals surface area contributed by atoms with Crippen molar-refractivity contribution >= 4 is 0 Å². The van der Waals surface area contributed by atoms with Gasteiger partial charge in [-0.05, 0) is 82.7 Å². The standard InChI is InChI=1S/C62H90O2/c1-3-5-7-9-13-23-51-33-37-53(38-34-51)25-19-21-27-55-41-45-57(46-42-55)49-63-61(59-29-15-11-16-30-59)62(60-31-17-12-18-32-60)64-50-58-47-43-56(44-48-58)28-22-20-26-54-39-35-52(36-40-54)24-14-10-8-6-4-2/h11-12,15-18,29-32,41-48,51-54,61-62H,3-10,13-14,19-28,33-40,49-50H2,1-2H3/t51?,52?,53?,54?,61-,62-/m1/s1. The van der Waals surface area contributed by atoms with Crippen molar-refractivity contribution in [1.82, 2.24) is 0 Å². The third-order valence-electron chi connectivity index (χ3n) is 15.5. The van der Waals surface area contributed by atoms with Gasteiger partial charge in [-0.25, -0.2) is 0 Å². The van der Waals surface area contributed by atoms with Crippen LogP contribution in [0.15, 0.2) is 109 Å². The molecule has 0 N–H and O–H groups in total. The Morgan fingerprint density at radius 1 is 0.344 bits per heavy atom. The van der Waals surface area contributed by atoms with E-state index in [0.717, 1.165) is 34.8 Å². The molecule has 4 aromatic rings. The van der Waals surface area contributed by atoms with Crippen molar-refractivity contribution in [1.29, 1.82) is 0 Å². The molecule has 0 aromatic heterocycles. The van der Waals surface area contributed by atoms with Crippen molar-refractivity contribution in [2.75, 3.05) is 0 Å². The molecule has 0 bridgehead atoms.